The number of thiazole rings is 1. The minimum absolute atomic E-state index is 0.0169. The molecular weight excluding hydrogens is 286 g/mol. The van der Waals surface area contributed by atoms with E-state index in [1.54, 1.807) is 11.3 Å². The third-order valence-electron chi connectivity index (χ3n) is 4.38. The number of amides is 2. The number of rotatable bonds is 4. The Hall–Kier alpha value is -1.43. The fourth-order valence-electron chi connectivity index (χ4n) is 3.27. The lowest BCUT2D eigenvalue weighted by Crippen LogP contribution is -2.36. The number of nitrogens with one attached hydrogen (secondary N) is 1. The van der Waals surface area contributed by atoms with Gasteiger partial charge in [-0.3, -0.25) is 9.59 Å². The molecule has 1 aliphatic carbocycles. The second-order valence-corrected chi connectivity index (χ2v) is 6.93. The summed E-state index contributed by atoms with van der Waals surface area (Å²) in [6, 6.07) is 0.372. The molecule has 0 spiro atoms. The molecule has 2 heterocycles. The van der Waals surface area contributed by atoms with Gasteiger partial charge in [0.05, 0.1) is 12.5 Å². The second kappa shape index (κ2) is 6.13. The van der Waals surface area contributed by atoms with Crippen molar-refractivity contribution < 1.29 is 9.59 Å². The van der Waals surface area contributed by atoms with E-state index in [1.165, 1.54) is 12.8 Å². The van der Waals surface area contributed by atoms with Crippen LogP contribution >= 0.6 is 11.3 Å². The summed E-state index contributed by atoms with van der Waals surface area (Å²) in [4.78, 5) is 30.6. The van der Waals surface area contributed by atoms with E-state index in [1.807, 2.05) is 17.2 Å². The van der Waals surface area contributed by atoms with E-state index in [-0.39, 0.29) is 17.7 Å². The predicted molar refractivity (Wildman–Crippen MR) is 80.8 cm³/mol. The van der Waals surface area contributed by atoms with Crippen molar-refractivity contribution in [2.75, 3.05) is 6.54 Å². The van der Waals surface area contributed by atoms with Crippen molar-refractivity contribution in [3.63, 3.8) is 0 Å². The fourth-order valence-corrected chi connectivity index (χ4v) is 3.98. The first-order valence-corrected chi connectivity index (χ1v) is 8.49. The van der Waals surface area contributed by atoms with E-state index in [2.05, 4.69) is 10.3 Å². The normalized spacial score (nSPS) is 23.0. The lowest BCUT2D eigenvalue weighted by atomic mass is 10.1. The monoisotopic (exact) mass is 307 g/mol. The summed E-state index contributed by atoms with van der Waals surface area (Å²) >= 11 is 1.55. The smallest absolute Gasteiger partial charge is 0.225 e. The van der Waals surface area contributed by atoms with Crippen LogP contribution in [0.1, 0.15) is 42.8 Å². The van der Waals surface area contributed by atoms with E-state index >= 15 is 0 Å². The number of carbonyl (C=O) groups excluding carboxylic acids is 2. The summed E-state index contributed by atoms with van der Waals surface area (Å²) in [6.45, 7) is 2.99. The third kappa shape index (κ3) is 3.26. The highest BCUT2D eigenvalue weighted by Gasteiger charge is 2.38. The molecule has 6 heteroatoms. The number of aryl methyl sites for hydroxylation is 1. The van der Waals surface area contributed by atoms with Gasteiger partial charge in [0.1, 0.15) is 5.01 Å². The van der Waals surface area contributed by atoms with Gasteiger partial charge in [-0.05, 0) is 19.8 Å². The van der Waals surface area contributed by atoms with Crippen LogP contribution in [0, 0.1) is 12.8 Å². The van der Waals surface area contributed by atoms with Gasteiger partial charge < -0.3 is 10.2 Å². The zero-order chi connectivity index (χ0) is 14.8. The topological polar surface area (TPSA) is 62.3 Å². The van der Waals surface area contributed by atoms with Crippen LogP contribution in [-0.4, -0.2) is 34.3 Å². The van der Waals surface area contributed by atoms with Crippen LogP contribution in [0.2, 0.25) is 0 Å². The Kier molecular flexibility index (Phi) is 4.24. The molecule has 2 amide bonds. The minimum Gasteiger partial charge on any atom is -0.349 e. The van der Waals surface area contributed by atoms with Crippen molar-refractivity contribution in [2.24, 2.45) is 5.92 Å². The van der Waals surface area contributed by atoms with Crippen molar-refractivity contribution in [1.29, 1.82) is 0 Å². The summed E-state index contributed by atoms with van der Waals surface area (Å²) in [5.41, 5.74) is 0.979. The molecule has 5 nitrogen and oxygen atoms in total. The molecule has 0 bridgehead atoms. The van der Waals surface area contributed by atoms with Crippen LogP contribution in [-0.2, 0) is 16.1 Å². The summed E-state index contributed by atoms with van der Waals surface area (Å²) in [5, 5.41) is 5.81. The maximum atomic E-state index is 12.2. The summed E-state index contributed by atoms with van der Waals surface area (Å²) in [5.74, 6) is -0.0667. The Labute approximate surface area is 128 Å². The average molecular weight is 307 g/mol. The van der Waals surface area contributed by atoms with Crippen molar-refractivity contribution in [1.82, 2.24) is 15.2 Å². The largest absolute Gasteiger partial charge is 0.349 e. The molecule has 1 atom stereocenters. The van der Waals surface area contributed by atoms with Gasteiger partial charge in [-0.15, -0.1) is 11.3 Å². The van der Waals surface area contributed by atoms with E-state index < -0.39 is 0 Å². The summed E-state index contributed by atoms with van der Waals surface area (Å²) in [6.07, 6.45) is 4.96. The van der Waals surface area contributed by atoms with Crippen LogP contribution < -0.4 is 5.32 Å². The standard InChI is InChI=1S/C15H21N3O2S/c1-10-9-21-13(17-10)7-16-15(20)11-6-14(19)18(8-11)12-4-2-3-5-12/h9,11-12H,2-8H2,1H3,(H,16,20)/t11-/m1/s1. The van der Waals surface area contributed by atoms with Gasteiger partial charge in [-0.1, -0.05) is 12.8 Å². The van der Waals surface area contributed by atoms with Crippen LogP contribution in [0.3, 0.4) is 0 Å². The quantitative estimate of drug-likeness (QED) is 0.923. The number of aromatic nitrogens is 1. The maximum Gasteiger partial charge on any atom is 0.225 e. The lowest BCUT2D eigenvalue weighted by molar-refractivity contribution is -0.130. The first-order chi connectivity index (χ1) is 10.1. The Balaban J connectivity index is 1.52. The number of hydrogen-bond acceptors (Lipinski definition) is 4. The van der Waals surface area contributed by atoms with E-state index in [0.29, 0.717) is 25.6 Å². The molecule has 1 aromatic rings. The number of hydrogen-bond donors (Lipinski definition) is 1. The lowest BCUT2D eigenvalue weighted by Gasteiger charge is -2.23. The molecule has 21 heavy (non-hydrogen) atoms. The highest BCUT2D eigenvalue weighted by atomic mass is 32.1. The number of nitrogens with zero attached hydrogens (tertiary/aromatic N) is 2. The van der Waals surface area contributed by atoms with Crippen LogP contribution in [0.25, 0.3) is 0 Å². The fraction of sp³-hybridized carbons (Fsp3) is 0.667. The van der Waals surface area contributed by atoms with Crippen molar-refractivity contribution >= 4 is 23.2 Å². The Morgan fingerprint density at radius 1 is 1.48 bits per heavy atom. The van der Waals surface area contributed by atoms with E-state index in [9.17, 15) is 9.59 Å². The summed E-state index contributed by atoms with van der Waals surface area (Å²) < 4.78 is 0. The van der Waals surface area contributed by atoms with E-state index in [4.69, 9.17) is 0 Å². The Bertz CT molecular complexity index is 537. The molecule has 1 saturated heterocycles. The SMILES string of the molecule is Cc1csc(CNC(=O)[C@@H]2CC(=O)N(C3CCCC3)C2)n1. The Morgan fingerprint density at radius 3 is 2.90 bits per heavy atom. The molecule has 1 saturated carbocycles. The first-order valence-electron chi connectivity index (χ1n) is 7.61. The summed E-state index contributed by atoms with van der Waals surface area (Å²) in [7, 11) is 0. The van der Waals surface area contributed by atoms with Gasteiger partial charge in [-0.25, -0.2) is 4.98 Å². The van der Waals surface area contributed by atoms with Crippen LogP contribution in [0.4, 0.5) is 0 Å². The molecule has 2 aliphatic rings. The third-order valence-corrected chi connectivity index (χ3v) is 5.34. The number of carbonyl (C=O) groups is 2. The molecule has 0 aromatic carbocycles. The molecule has 1 aromatic heterocycles. The molecule has 2 fully saturated rings. The van der Waals surface area contributed by atoms with Gasteiger partial charge in [0, 0.05) is 30.1 Å². The second-order valence-electron chi connectivity index (χ2n) is 5.99. The van der Waals surface area contributed by atoms with Crippen molar-refractivity contribution in [3.05, 3.63) is 16.1 Å². The zero-order valence-electron chi connectivity index (χ0n) is 12.3. The van der Waals surface area contributed by atoms with Gasteiger partial charge in [0.2, 0.25) is 11.8 Å². The zero-order valence-corrected chi connectivity index (χ0v) is 13.1. The van der Waals surface area contributed by atoms with Gasteiger partial charge in [-0.2, -0.15) is 0 Å². The predicted octanol–water partition coefficient (Wildman–Crippen LogP) is 1.86. The van der Waals surface area contributed by atoms with E-state index in [0.717, 1.165) is 23.5 Å². The maximum absolute atomic E-state index is 12.2. The highest BCUT2D eigenvalue weighted by Crippen LogP contribution is 2.29. The molecule has 3 rings (SSSR count). The highest BCUT2D eigenvalue weighted by molar-refractivity contribution is 7.09. The number of likely N-dealkylation sites (tertiary alicyclic amines) is 1. The molecular formula is C15H21N3O2S. The molecule has 0 unspecified atom stereocenters. The molecule has 1 N–H and O–H groups in total. The molecule has 1 aliphatic heterocycles. The van der Waals surface area contributed by atoms with Crippen LogP contribution in [0.15, 0.2) is 5.38 Å². The van der Waals surface area contributed by atoms with Gasteiger partial charge >= 0.3 is 0 Å². The first kappa shape index (κ1) is 14.5. The Morgan fingerprint density at radius 2 is 2.24 bits per heavy atom. The van der Waals surface area contributed by atoms with Crippen molar-refractivity contribution in [3.8, 4) is 0 Å². The molecule has 114 valence electrons. The minimum atomic E-state index is -0.195. The van der Waals surface area contributed by atoms with Gasteiger partial charge in [0.25, 0.3) is 0 Å². The van der Waals surface area contributed by atoms with Crippen molar-refractivity contribution in [2.45, 2.75) is 51.6 Å². The van der Waals surface area contributed by atoms with Crippen LogP contribution in [0.5, 0.6) is 0 Å². The van der Waals surface area contributed by atoms with Gasteiger partial charge in [0.15, 0.2) is 0 Å². The average Bonchev–Trinajstić information content (AvgIpc) is 3.16. The molecule has 0 radical (unpaired) electrons.